The van der Waals surface area contributed by atoms with Gasteiger partial charge in [0.1, 0.15) is 0 Å². The summed E-state index contributed by atoms with van der Waals surface area (Å²) in [5.74, 6) is 0.457. The third kappa shape index (κ3) is 3.33. The van der Waals surface area contributed by atoms with E-state index < -0.39 is 11.7 Å². The van der Waals surface area contributed by atoms with Crippen LogP contribution in [0.25, 0.3) is 0 Å². The van der Waals surface area contributed by atoms with Gasteiger partial charge in [-0.05, 0) is 43.9 Å². The maximum Gasteiger partial charge on any atom is 0.418 e. The van der Waals surface area contributed by atoms with Crippen LogP contribution >= 0.6 is 0 Å². The molecule has 3 N–H and O–H groups in total. The van der Waals surface area contributed by atoms with E-state index in [1.54, 1.807) is 0 Å². The van der Waals surface area contributed by atoms with Crippen molar-refractivity contribution >= 4 is 11.4 Å². The van der Waals surface area contributed by atoms with Crippen LogP contribution < -0.4 is 11.1 Å². The highest BCUT2D eigenvalue weighted by Gasteiger charge is 2.34. The largest absolute Gasteiger partial charge is 0.418 e. The minimum atomic E-state index is -4.38. The van der Waals surface area contributed by atoms with Crippen LogP contribution in [0.5, 0.6) is 0 Å². The Labute approximate surface area is 111 Å². The van der Waals surface area contributed by atoms with Crippen LogP contribution in [0, 0.1) is 5.92 Å². The van der Waals surface area contributed by atoms with Crippen molar-refractivity contribution in [2.45, 2.75) is 44.8 Å². The van der Waals surface area contributed by atoms with E-state index in [1.807, 2.05) is 6.92 Å². The predicted octanol–water partition coefficient (Wildman–Crippen LogP) is 4.28. The highest BCUT2D eigenvalue weighted by atomic mass is 19.4. The van der Waals surface area contributed by atoms with Crippen molar-refractivity contribution < 1.29 is 13.2 Å². The number of hydrogen-bond donors (Lipinski definition) is 2. The Balaban J connectivity index is 2.19. The first-order chi connectivity index (χ1) is 8.88. The molecular formula is C14H19F3N2. The van der Waals surface area contributed by atoms with Crippen LogP contribution in [0.2, 0.25) is 0 Å². The number of anilines is 2. The van der Waals surface area contributed by atoms with Crippen LogP contribution in [-0.2, 0) is 6.18 Å². The molecule has 1 fully saturated rings. The van der Waals surface area contributed by atoms with Gasteiger partial charge < -0.3 is 11.1 Å². The normalized spacial score (nSPS) is 18.5. The first kappa shape index (κ1) is 14.0. The van der Waals surface area contributed by atoms with Gasteiger partial charge in [-0.1, -0.05) is 12.8 Å². The molecule has 0 aromatic heterocycles. The molecule has 0 aliphatic heterocycles. The molecule has 1 aliphatic rings. The summed E-state index contributed by atoms with van der Waals surface area (Å²) in [4.78, 5) is 0. The lowest BCUT2D eigenvalue weighted by Gasteiger charge is -2.24. The van der Waals surface area contributed by atoms with Crippen LogP contribution in [0.1, 0.15) is 38.2 Å². The Morgan fingerprint density at radius 3 is 2.47 bits per heavy atom. The van der Waals surface area contributed by atoms with Crippen LogP contribution in [-0.4, -0.2) is 6.04 Å². The first-order valence-corrected chi connectivity index (χ1v) is 6.61. The molecule has 5 heteroatoms. The average Bonchev–Trinajstić information content (AvgIpc) is 2.83. The molecule has 2 rings (SSSR count). The number of nitrogen functional groups attached to an aromatic ring is 1. The summed E-state index contributed by atoms with van der Waals surface area (Å²) in [5.41, 5.74) is 5.02. The Bertz CT molecular complexity index is 437. The predicted molar refractivity (Wildman–Crippen MR) is 70.9 cm³/mol. The third-order valence-corrected chi connectivity index (χ3v) is 3.84. The van der Waals surface area contributed by atoms with Crippen molar-refractivity contribution in [2.75, 3.05) is 11.1 Å². The summed E-state index contributed by atoms with van der Waals surface area (Å²) in [6.45, 7) is 1.95. The van der Waals surface area contributed by atoms with E-state index in [-0.39, 0.29) is 17.4 Å². The average molecular weight is 272 g/mol. The van der Waals surface area contributed by atoms with Gasteiger partial charge in [-0.15, -0.1) is 0 Å². The van der Waals surface area contributed by atoms with Gasteiger partial charge in [-0.25, -0.2) is 0 Å². The summed E-state index contributed by atoms with van der Waals surface area (Å²) in [6.07, 6.45) is 0.136. The fourth-order valence-electron chi connectivity index (χ4n) is 2.74. The second-order valence-corrected chi connectivity index (χ2v) is 5.28. The number of alkyl halides is 3. The zero-order chi connectivity index (χ0) is 14.0. The van der Waals surface area contributed by atoms with Crippen LogP contribution in [0.3, 0.4) is 0 Å². The van der Waals surface area contributed by atoms with Crippen LogP contribution in [0.4, 0.5) is 24.5 Å². The topological polar surface area (TPSA) is 38.0 Å². The summed E-state index contributed by atoms with van der Waals surface area (Å²) in [7, 11) is 0. The van der Waals surface area contributed by atoms with Gasteiger partial charge in [0.15, 0.2) is 0 Å². The molecule has 0 heterocycles. The Hall–Kier alpha value is -1.39. The molecule has 1 aliphatic carbocycles. The fraction of sp³-hybridized carbons (Fsp3) is 0.571. The van der Waals surface area contributed by atoms with Gasteiger partial charge in [0.05, 0.1) is 5.56 Å². The molecular weight excluding hydrogens is 253 g/mol. The molecule has 0 bridgehead atoms. The van der Waals surface area contributed by atoms with Gasteiger partial charge in [-0.3, -0.25) is 0 Å². The molecule has 1 aromatic carbocycles. The second-order valence-electron chi connectivity index (χ2n) is 5.28. The monoisotopic (exact) mass is 272 g/mol. The molecule has 0 amide bonds. The lowest BCUT2D eigenvalue weighted by Crippen LogP contribution is -2.25. The Morgan fingerprint density at radius 2 is 1.89 bits per heavy atom. The molecule has 1 atom stereocenters. The van der Waals surface area contributed by atoms with Gasteiger partial charge in [0, 0.05) is 17.4 Å². The standard InChI is InChI=1S/C14H19F3N2/c1-9(10-4-2-3-5-10)19-13-7-6-11(18)8-12(13)14(15,16)17/h6-10,19H,2-5,18H2,1H3. The molecule has 19 heavy (non-hydrogen) atoms. The SMILES string of the molecule is CC(Nc1ccc(N)cc1C(F)(F)F)C1CCCC1. The summed E-state index contributed by atoms with van der Waals surface area (Å²) in [6, 6.07) is 3.96. The van der Waals surface area contributed by atoms with E-state index in [9.17, 15) is 13.2 Å². The molecule has 106 valence electrons. The number of hydrogen-bond acceptors (Lipinski definition) is 2. The quantitative estimate of drug-likeness (QED) is 0.806. The van der Waals surface area contributed by atoms with E-state index in [0.29, 0.717) is 5.92 Å². The number of nitrogens with one attached hydrogen (secondary N) is 1. The zero-order valence-corrected chi connectivity index (χ0v) is 10.9. The van der Waals surface area contributed by atoms with Crippen molar-refractivity contribution in [2.24, 2.45) is 5.92 Å². The number of nitrogens with two attached hydrogens (primary N) is 1. The lowest BCUT2D eigenvalue weighted by molar-refractivity contribution is -0.136. The zero-order valence-electron chi connectivity index (χ0n) is 10.9. The minimum Gasteiger partial charge on any atom is -0.399 e. The van der Waals surface area contributed by atoms with Crippen LogP contribution in [0.15, 0.2) is 18.2 Å². The van der Waals surface area contributed by atoms with E-state index >= 15 is 0 Å². The van der Waals surface area contributed by atoms with Crippen molar-refractivity contribution in [3.05, 3.63) is 23.8 Å². The van der Waals surface area contributed by atoms with Crippen molar-refractivity contribution in [3.63, 3.8) is 0 Å². The van der Waals surface area contributed by atoms with Gasteiger partial charge >= 0.3 is 6.18 Å². The Kier molecular flexibility index (Phi) is 3.92. The van der Waals surface area contributed by atoms with E-state index in [4.69, 9.17) is 5.73 Å². The summed E-state index contributed by atoms with van der Waals surface area (Å²) >= 11 is 0. The smallest absolute Gasteiger partial charge is 0.399 e. The van der Waals surface area contributed by atoms with Gasteiger partial charge in [0.25, 0.3) is 0 Å². The number of rotatable bonds is 3. The van der Waals surface area contributed by atoms with Gasteiger partial charge in [0.2, 0.25) is 0 Å². The molecule has 0 saturated heterocycles. The molecule has 0 spiro atoms. The summed E-state index contributed by atoms with van der Waals surface area (Å²) < 4.78 is 38.9. The molecule has 0 radical (unpaired) electrons. The highest BCUT2D eigenvalue weighted by molar-refractivity contribution is 5.59. The Morgan fingerprint density at radius 1 is 1.26 bits per heavy atom. The maximum atomic E-state index is 13.0. The molecule has 1 unspecified atom stereocenters. The minimum absolute atomic E-state index is 0.0484. The third-order valence-electron chi connectivity index (χ3n) is 3.84. The van der Waals surface area contributed by atoms with Gasteiger partial charge in [-0.2, -0.15) is 13.2 Å². The van der Waals surface area contributed by atoms with Crippen molar-refractivity contribution in [1.29, 1.82) is 0 Å². The van der Waals surface area contributed by atoms with Crippen molar-refractivity contribution in [1.82, 2.24) is 0 Å². The number of benzene rings is 1. The first-order valence-electron chi connectivity index (χ1n) is 6.61. The van der Waals surface area contributed by atoms with E-state index in [1.165, 1.54) is 25.0 Å². The van der Waals surface area contributed by atoms with Crippen molar-refractivity contribution in [3.8, 4) is 0 Å². The highest BCUT2D eigenvalue weighted by Crippen LogP contribution is 2.37. The molecule has 1 aromatic rings. The fourth-order valence-corrected chi connectivity index (χ4v) is 2.74. The molecule has 1 saturated carbocycles. The van der Waals surface area contributed by atoms with E-state index in [2.05, 4.69) is 5.32 Å². The summed E-state index contributed by atoms with van der Waals surface area (Å²) in [5, 5.41) is 3.01. The molecule has 2 nitrogen and oxygen atoms in total. The number of halogens is 3. The maximum absolute atomic E-state index is 13.0. The lowest BCUT2D eigenvalue weighted by atomic mass is 9.99. The second kappa shape index (κ2) is 5.31. The van der Waals surface area contributed by atoms with E-state index in [0.717, 1.165) is 18.9 Å².